The lowest BCUT2D eigenvalue weighted by Crippen LogP contribution is -2.47. The van der Waals surface area contributed by atoms with Crippen molar-refractivity contribution in [1.29, 1.82) is 0 Å². The summed E-state index contributed by atoms with van der Waals surface area (Å²) in [5.74, 6) is -3.16. The molecule has 2 N–H and O–H groups in total. The van der Waals surface area contributed by atoms with Gasteiger partial charge in [-0.1, -0.05) is 6.92 Å². The second-order valence-electron chi connectivity index (χ2n) is 7.34. The van der Waals surface area contributed by atoms with Gasteiger partial charge in [-0.15, -0.1) is 0 Å². The van der Waals surface area contributed by atoms with Gasteiger partial charge >= 0.3 is 10.2 Å². The highest BCUT2D eigenvalue weighted by Gasteiger charge is 2.30. The summed E-state index contributed by atoms with van der Waals surface area (Å²) in [6.45, 7) is 3.53. The molecule has 6 nitrogen and oxygen atoms in total. The molecule has 11 heteroatoms. The Morgan fingerprint density at radius 2 is 1.74 bits per heavy atom. The zero-order valence-electron chi connectivity index (χ0n) is 17.1. The van der Waals surface area contributed by atoms with Crippen molar-refractivity contribution < 1.29 is 21.6 Å². The van der Waals surface area contributed by atoms with Crippen LogP contribution in [0.2, 0.25) is 0 Å². The summed E-state index contributed by atoms with van der Waals surface area (Å²) in [5, 5.41) is 2.49. The topological polar surface area (TPSA) is 64.7 Å². The average molecular weight is 568 g/mol. The molecule has 0 aliphatic carbocycles. The van der Waals surface area contributed by atoms with Gasteiger partial charge in [0, 0.05) is 22.7 Å². The number of halogens is 4. The van der Waals surface area contributed by atoms with E-state index in [2.05, 4.69) is 14.9 Å². The van der Waals surface area contributed by atoms with Gasteiger partial charge in [0.15, 0.2) is 11.6 Å². The molecule has 1 heterocycles. The predicted molar refractivity (Wildman–Crippen MR) is 124 cm³/mol. The van der Waals surface area contributed by atoms with Crippen molar-refractivity contribution in [3.63, 3.8) is 0 Å². The van der Waals surface area contributed by atoms with E-state index in [0.29, 0.717) is 35.5 Å². The molecule has 2 aromatic rings. The van der Waals surface area contributed by atoms with Gasteiger partial charge in [-0.3, -0.25) is 4.72 Å². The van der Waals surface area contributed by atoms with Gasteiger partial charge in [0.2, 0.25) is 0 Å². The molecule has 31 heavy (non-hydrogen) atoms. The van der Waals surface area contributed by atoms with Gasteiger partial charge in [0.25, 0.3) is 0 Å². The normalized spacial score (nSPS) is 16.0. The molecule has 1 fully saturated rings. The standard InChI is InChI=1S/C20H24F3IN4O2S/c1-3-27(2)14-8-10-28(11-9-14)31(29,30)26-18-7-5-15(21)19(23)20(18)25-17-6-4-13(24)12-16(17)22/h4-7,12,14,25-26H,3,8-11H2,1-2H3. The third-order valence-electron chi connectivity index (χ3n) is 5.41. The highest BCUT2D eigenvalue weighted by atomic mass is 127. The lowest BCUT2D eigenvalue weighted by atomic mass is 10.1. The Balaban J connectivity index is 1.83. The number of anilines is 3. The van der Waals surface area contributed by atoms with Crippen LogP contribution in [0.4, 0.5) is 30.2 Å². The van der Waals surface area contributed by atoms with Crippen molar-refractivity contribution >= 4 is 49.9 Å². The van der Waals surface area contributed by atoms with E-state index in [9.17, 15) is 21.6 Å². The maximum Gasteiger partial charge on any atom is 0.301 e. The second kappa shape index (κ2) is 9.92. The molecule has 0 saturated carbocycles. The van der Waals surface area contributed by atoms with Gasteiger partial charge in [-0.2, -0.15) is 12.7 Å². The van der Waals surface area contributed by atoms with Crippen molar-refractivity contribution in [2.24, 2.45) is 0 Å². The van der Waals surface area contributed by atoms with Crippen molar-refractivity contribution in [1.82, 2.24) is 9.21 Å². The second-order valence-corrected chi connectivity index (χ2v) is 10.3. The Hall–Kier alpha value is -1.57. The summed E-state index contributed by atoms with van der Waals surface area (Å²) >= 11 is 1.92. The third kappa shape index (κ3) is 5.62. The van der Waals surface area contributed by atoms with E-state index in [0.717, 1.165) is 18.7 Å². The minimum Gasteiger partial charge on any atom is -0.349 e. The Morgan fingerprint density at radius 1 is 1.10 bits per heavy atom. The predicted octanol–water partition coefficient (Wildman–Crippen LogP) is 4.52. The summed E-state index contributed by atoms with van der Waals surface area (Å²) in [4.78, 5) is 2.17. The third-order valence-corrected chi connectivity index (χ3v) is 7.60. The van der Waals surface area contributed by atoms with Crippen LogP contribution in [0.1, 0.15) is 19.8 Å². The van der Waals surface area contributed by atoms with Crippen molar-refractivity contribution in [2.75, 3.05) is 36.7 Å². The summed E-state index contributed by atoms with van der Waals surface area (Å²) in [5.41, 5.74) is -0.789. The summed E-state index contributed by atoms with van der Waals surface area (Å²) in [6.07, 6.45) is 1.34. The summed E-state index contributed by atoms with van der Waals surface area (Å²) < 4.78 is 72.7. The lowest BCUT2D eigenvalue weighted by molar-refractivity contribution is 0.175. The van der Waals surface area contributed by atoms with Crippen molar-refractivity contribution in [3.05, 3.63) is 51.4 Å². The minimum atomic E-state index is -4.01. The fourth-order valence-electron chi connectivity index (χ4n) is 3.47. The molecule has 1 aliphatic heterocycles. The smallest absolute Gasteiger partial charge is 0.301 e. The van der Waals surface area contributed by atoms with Crippen LogP contribution in [0.3, 0.4) is 0 Å². The van der Waals surface area contributed by atoms with E-state index in [4.69, 9.17) is 0 Å². The van der Waals surface area contributed by atoms with Crippen molar-refractivity contribution in [3.8, 4) is 0 Å². The number of nitrogens with zero attached hydrogens (tertiary/aromatic N) is 2. The molecule has 0 spiro atoms. The van der Waals surface area contributed by atoms with E-state index in [1.54, 1.807) is 6.07 Å². The monoisotopic (exact) mass is 568 g/mol. The van der Waals surface area contributed by atoms with E-state index in [-0.39, 0.29) is 11.4 Å². The van der Waals surface area contributed by atoms with Gasteiger partial charge in [-0.05, 0) is 79.4 Å². The lowest BCUT2D eigenvalue weighted by Gasteiger charge is -2.35. The van der Waals surface area contributed by atoms with Crippen LogP contribution in [0.5, 0.6) is 0 Å². The van der Waals surface area contributed by atoms with Gasteiger partial charge in [-0.25, -0.2) is 13.2 Å². The molecule has 0 unspecified atom stereocenters. The highest BCUT2D eigenvalue weighted by molar-refractivity contribution is 14.1. The Labute approximate surface area is 194 Å². The number of benzene rings is 2. The zero-order chi connectivity index (χ0) is 22.8. The van der Waals surface area contributed by atoms with Crippen LogP contribution >= 0.6 is 22.6 Å². The maximum atomic E-state index is 14.5. The first-order valence-corrected chi connectivity index (χ1v) is 12.3. The number of hydrogen-bond acceptors (Lipinski definition) is 4. The zero-order valence-corrected chi connectivity index (χ0v) is 20.1. The van der Waals surface area contributed by atoms with Crippen LogP contribution in [0, 0.1) is 21.0 Å². The number of hydrogen-bond donors (Lipinski definition) is 2. The first-order chi connectivity index (χ1) is 14.6. The molecule has 1 saturated heterocycles. The molecule has 1 aliphatic rings. The van der Waals surface area contributed by atoms with Crippen molar-refractivity contribution in [2.45, 2.75) is 25.8 Å². The van der Waals surface area contributed by atoms with Crippen LogP contribution in [-0.4, -0.2) is 50.3 Å². The fraction of sp³-hybridized carbons (Fsp3) is 0.400. The van der Waals surface area contributed by atoms with E-state index in [1.807, 2.05) is 36.6 Å². The Bertz CT molecular complexity index is 1050. The van der Waals surface area contributed by atoms with E-state index < -0.39 is 33.3 Å². The van der Waals surface area contributed by atoms with Crippen LogP contribution < -0.4 is 10.0 Å². The number of nitrogens with one attached hydrogen (secondary N) is 2. The molecule has 3 rings (SSSR count). The number of rotatable bonds is 7. The van der Waals surface area contributed by atoms with Crippen LogP contribution in [-0.2, 0) is 10.2 Å². The van der Waals surface area contributed by atoms with Gasteiger partial charge in [0.1, 0.15) is 11.5 Å². The Morgan fingerprint density at radius 3 is 2.35 bits per heavy atom. The van der Waals surface area contributed by atoms with E-state index >= 15 is 0 Å². The van der Waals surface area contributed by atoms with E-state index in [1.165, 1.54) is 16.4 Å². The van der Waals surface area contributed by atoms with Gasteiger partial charge in [0.05, 0.1) is 11.4 Å². The molecule has 0 bridgehead atoms. The maximum absolute atomic E-state index is 14.5. The first kappa shape index (κ1) is 24.1. The molecule has 2 aromatic carbocycles. The largest absolute Gasteiger partial charge is 0.349 e. The molecule has 170 valence electrons. The summed E-state index contributed by atoms with van der Waals surface area (Å²) in [7, 11) is -2.02. The van der Waals surface area contributed by atoms with Gasteiger partial charge < -0.3 is 10.2 Å². The highest BCUT2D eigenvalue weighted by Crippen LogP contribution is 2.33. The van der Waals surface area contributed by atoms with Crippen LogP contribution in [0.15, 0.2) is 30.3 Å². The molecule has 0 radical (unpaired) electrons. The molecular weight excluding hydrogens is 544 g/mol. The average Bonchev–Trinajstić information content (AvgIpc) is 2.74. The minimum absolute atomic E-state index is 0.103. The molecular formula is C20H24F3IN4O2S. The quantitative estimate of drug-likeness (QED) is 0.483. The summed E-state index contributed by atoms with van der Waals surface area (Å²) in [6, 6.07) is 6.41. The SMILES string of the molecule is CCN(C)C1CCN(S(=O)(=O)Nc2ccc(F)c(F)c2Nc2ccc(I)cc2F)CC1. The first-order valence-electron chi connectivity index (χ1n) is 9.80. The Kier molecular flexibility index (Phi) is 7.71. The number of piperidine rings is 1. The molecule has 0 amide bonds. The van der Waals surface area contributed by atoms with Crippen LogP contribution in [0.25, 0.3) is 0 Å². The molecule has 0 atom stereocenters. The molecule has 0 aromatic heterocycles. The fourth-order valence-corrected chi connectivity index (χ4v) is 5.19.